The number of hydrogen-bond donors (Lipinski definition) is 0. The minimum atomic E-state index is 0.0926. The van der Waals surface area contributed by atoms with E-state index < -0.39 is 0 Å². The smallest absolute Gasteiger partial charge is 0.170 e. The molecule has 0 saturated heterocycles. The molecule has 1 nitrogen and oxygen atoms in total. The van der Waals surface area contributed by atoms with Crippen LogP contribution < -0.4 is 0 Å². The summed E-state index contributed by atoms with van der Waals surface area (Å²) in [6, 6.07) is 0. The van der Waals surface area contributed by atoms with Crippen molar-refractivity contribution < 1.29 is 4.79 Å². The van der Waals surface area contributed by atoms with Gasteiger partial charge in [-0.05, 0) is 6.42 Å². The first kappa shape index (κ1) is 6.27. The molecule has 1 heteroatoms. The molecule has 0 aliphatic heterocycles. The lowest BCUT2D eigenvalue weighted by Gasteiger charge is -2.05. The first-order valence-corrected chi connectivity index (χ1v) is 3.15. The van der Waals surface area contributed by atoms with Crippen molar-refractivity contribution in [3.63, 3.8) is 0 Å². The zero-order valence-electron chi connectivity index (χ0n) is 5.42. The number of carbonyl (C=O) groups excluding carboxylic acids is 1. The van der Waals surface area contributed by atoms with E-state index in [0.29, 0.717) is 0 Å². The third kappa shape index (κ3) is 1.28. The molecular formula is C8H9O. The fourth-order valence-electron chi connectivity index (χ4n) is 0.836. The second kappa shape index (κ2) is 2.62. The molecular weight excluding hydrogens is 112 g/mol. The van der Waals surface area contributed by atoms with Crippen LogP contribution in [0.5, 0.6) is 0 Å². The Hall–Kier alpha value is -0.850. The largest absolute Gasteiger partial charge is 0.293 e. The average molecular weight is 121 g/mol. The topological polar surface area (TPSA) is 17.1 Å². The van der Waals surface area contributed by atoms with Gasteiger partial charge in [0.2, 0.25) is 0 Å². The van der Waals surface area contributed by atoms with Crippen LogP contribution in [0.4, 0.5) is 0 Å². The Labute approximate surface area is 55.1 Å². The van der Waals surface area contributed by atoms with Gasteiger partial charge in [-0.25, -0.2) is 0 Å². The Morgan fingerprint density at radius 1 is 1.78 bits per heavy atom. The van der Waals surface area contributed by atoms with E-state index in [2.05, 4.69) is 6.08 Å². The minimum absolute atomic E-state index is 0.0926. The maximum absolute atomic E-state index is 10.8. The molecule has 0 N–H and O–H groups in total. The molecule has 1 unspecified atom stereocenters. The highest BCUT2D eigenvalue weighted by molar-refractivity contribution is 5.90. The van der Waals surface area contributed by atoms with E-state index in [1.807, 2.05) is 19.1 Å². The van der Waals surface area contributed by atoms with Crippen LogP contribution in [0.1, 0.15) is 13.3 Å². The zero-order chi connectivity index (χ0) is 6.69. The molecule has 1 radical (unpaired) electrons. The van der Waals surface area contributed by atoms with Gasteiger partial charge in [0.1, 0.15) is 0 Å². The molecule has 0 aromatic carbocycles. The predicted molar refractivity (Wildman–Crippen MR) is 35.7 cm³/mol. The van der Waals surface area contributed by atoms with Gasteiger partial charge in [0, 0.05) is 12.0 Å². The van der Waals surface area contributed by atoms with E-state index in [-0.39, 0.29) is 11.7 Å². The van der Waals surface area contributed by atoms with Crippen molar-refractivity contribution in [2.75, 3.05) is 0 Å². The molecule has 9 heavy (non-hydrogen) atoms. The van der Waals surface area contributed by atoms with Gasteiger partial charge in [-0.15, -0.1) is 0 Å². The molecule has 0 amide bonds. The van der Waals surface area contributed by atoms with Crippen LogP contribution in [0.25, 0.3) is 0 Å². The van der Waals surface area contributed by atoms with E-state index in [4.69, 9.17) is 0 Å². The van der Waals surface area contributed by atoms with Crippen molar-refractivity contribution in [1.82, 2.24) is 0 Å². The van der Waals surface area contributed by atoms with Crippen molar-refractivity contribution in [1.29, 1.82) is 0 Å². The van der Waals surface area contributed by atoms with E-state index in [1.54, 1.807) is 6.08 Å². The van der Waals surface area contributed by atoms with Crippen LogP contribution in [0.3, 0.4) is 0 Å². The summed E-state index contributed by atoms with van der Waals surface area (Å²) < 4.78 is 0. The van der Waals surface area contributed by atoms with Crippen molar-refractivity contribution in [3.8, 4) is 0 Å². The van der Waals surface area contributed by atoms with Gasteiger partial charge in [-0.3, -0.25) is 4.79 Å². The monoisotopic (exact) mass is 121 g/mol. The molecule has 0 aromatic rings. The summed E-state index contributed by atoms with van der Waals surface area (Å²) in [5, 5.41) is 0. The Morgan fingerprint density at radius 3 is 3.00 bits per heavy atom. The summed E-state index contributed by atoms with van der Waals surface area (Å²) in [5.41, 5.74) is 0. The fraction of sp³-hybridized carbons (Fsp3) is 0.375. The van der Waals surface area contributed by atoms with Gasteiger partial charge in [0.25, 0.3) is 0 Å². The summed E-state index contributed by atoms with van der Waals surface area (Å²) >= 11 is 0. The molecule has 1 atom stereocenters. The number of Topliss-reactive ketones (excluding diaryl/α,β-unsaturated/α-hetero) is 1. The molecule has 0 heterocycles. The summed E-state index contributed by atoms with van der Waals surface area (Å²) in [4.78, 5) is 10.8. The zero-order valence-corrected chi connectivity index (χ0v) is 5.42. The van der Waals surface area contributed by atoms with Crippen LogP contribution in [0.15, 0.2) is 18.2 Å². The summed E-state index contributed by atoms with van der Waals surface area (Å²) in [7, 11) is 0. The van der Waals surface area contributed by atoms with Crippen LogP contribution in [-0.2, 0) is 4.79 Å². The highest BCUT2D eigenvalue weighted by Crippen LogP contribution is 2.09. The lowest BCUT2D eigenvalue weighted by molar-refractivity contribution is -0.117. The summed E-state index contributed by atoms with van der Waals surface area (Å²) in [6.45, 7) is 2.00. The number of ketones is 1. The Balaban J connectivity index is 2.66. The van der Waals surface area contributed by atoms with Crippen molar-refractivity contribution in [2.45, 2.75) is 13.3 Å². The van der Waals surface area contributed by atoms with Gasteiger partial charge >= 0.3 is 0 Å². The quantitative estimate of drug-likeness (QED) is 0.514. The molecule has 0 fully saturated rings. The van der Waals surface area contributed by atoms with Crippen LogP contribution in [0.2, 0.25) is 0 Å². The Kier molecular flexibility index (Phi) is 1.83. The molecule has 1 rings (SSSR count). The van der Waals surface area contributed by atoms with Gasteiger partial charge in [0.05, 0.1) is 0 Å². The van der Waals surface area contributed by atoms with Crippen LogP contribution in [0, 0.1) is 12.0 Å². The standard InChI is InChI=1S/C8H9O/c1-2-7-5-3-4-6-8(7)9/h3-5,7H,2H2,1H3. The third-order valence-corrected chi connectivity index (χ3v) is 1.44. The molecule has 47 valence electrons. The van der Waals surface area contributed by atoms with Crippen LogP contribution in [-0.4, -0.2) is 5.78 Å². The van der Waals surface area contributed by atoms with Crippen LogP contribution >= 0.6 is 0 Å². The molecule has 0 spiro atoms. The van der Waals surface area contributed by atoms with E-state index in [9.17, 15) is 4.79 Å². The van der Waals surface area contributed by atoms with Crippen molar-refractivity contribution in [3.05, 3.63) is 24.3 Å². The van der Waals surface area contributed by atoms with Gasteiger partial charge in [-0.2, -0.15) is 0 Å². The maximum atomic E-state index is 10.8. The molecule has 0 saturated carbocycles. The lowest BCUT2D eigenvalue weighted by atomic mass is 9.97. The maximum Gasteiger partial charge on any atom is 0.170 e. The number of carbonyl (C=O) groups is 1. The highest BCUT2D eigenvalue weighted by atomic mass is 16.1. The summed E-state index contributed by atoms with van der Waals surface area (Å²) in [6.07, 6.45) is 8.96. The molecule has 0 aromatic heterocycles. The van der Waals surface area contributed by atoms with Gasteiger partial charge in [-0.1, -0.05) is 25.2 Å². The first-order chi connectivity index (χ1) is 4.34. The third-order valence-electron chi connectivity index (χ3n) is 1.44. The van der Waals surface area contributed by atoms with E-state index in [0.717, 1.165) is 6.42 Å². The van der Waals surface area contributed by atoms with Gasteiger partial charge in [0.15, 0.2) is 5.78 Å². The number of allylic oxidation sites excluding steroid dienone is 4. The average Bonchev–Trinajstić information content (AvgIpc) is 1.89. The SMILES string of the molecule is CCC1C=CC=[C]C1=O. The lowest BCUT2D eigenvalue weighted by Crippen LogP contribution is -2.10. The minimum Gasteiger partial charge on any atom is -0.293 e. The highest BCUT2D eigenvalue weighted by Gasteiger charge is 2.11. The Bertz CT molecular complexity index is 165. The van der Waals surface area contributed by atoms with Crippen molar-refractivity contribution in [2.24, 2.45) is 5.92 Å². The second-order valence-electron chi connectivity index (χ2n) is 2.07. The summed E-state index contributed by atoms with van der Waals surface area (Å²) in [5.74, 6) is 0.204. The number of rotatable bonds is 1. The number of hydrogen-bond acceptors (Lipinski definition) is 1. The second-order valence-corrected chi connectivity index (χ2v) is 2.07. The van der Waals surface area contributed by atoms with E-state index in [1.165, 1.54) is 0 Å². The molecule has 1 aliphatic rings. The predicted octanol–water partition coefficient (Wildman–Crippen LogP) is 1.51. The molecule has 1 aliphatic carbocycles. The van der Waals surface area contributed by atoms with Gasteiger partial charge < -0.3 is 0 Å². The Morgan fingerprint density at radius 2 is 2.56 bits per heavy atom. The first-order valence-electron chi connectivity index (χ1n) is 3.15. The normalized spacial score (nSPS) is 25.0. The van der Waals surface area contributed by atoms with E-state index >= 15 is 0 Å². The fourth-order valence-corrected chi connectivity index (χ4v) is 0.836. The van der Waals surface area contributed by atoms with Crippen molar-refractivity contribution >= 4 is 5.78 Å². The molecule has 0 bridgehead atoms.